The molecule has 0 saturated carbocycles. The maximum absolute atomic E-state index is 12.7. The normalized spacial score (nSPS) is 10.1. The number of halogens is 1. The molecule has 94 valence electrons. The van der Waals surface area contributed by atoms with Crippen molar-refractivity contribution in [2.45, 2.75) is 6.92 Å². The zero-order valence-corrected chi connectivity index (χ0v) is 9.61. The highest BCUT2D eigenvalue weighted by Gasteiger charge is 2.17. The fraction of sp³-hybridized carbons (Fsp3) is 0.182. The van der Waals surface area contributed by atoms with Gasteiger partial charge in [0.05, 0.1) is 6.61 Å². The van der Waals surface area contributed by atoms with Crippen LogP contribution >= 0.6 is 0 Å². The number of hydrogen-bond acceptors (Lipinski definition) is 5. The average Bonchev–Trinajstić information content (AvgIpc) is 2.81. The summed E-state index contributed by atoms with van der Waals surface area (Å²) in [5.74, 6) is -0.678. The van der Waals surface area contributed by atoms with E-state index in [9.17, 15) is 9.18 Å². The summed E-state index contributed by atoms with van der Waals surface area (Å²) in [5.41, 5.74) is 0.650. The van der Waals surface area contributed by atoms with E-state index in [1.165, 1.54) is 24.3 Å². The minimum absolute atomic E-state index is 0.0566. The summed E-state index contributed by atoms with van der Waals surface area (Å²) in [7, 11) is 0. The van der Waals surface area contributed by atoms with Gasteiger partial charge in [-0.2, -0.15) is 5.21 Å². The molecule has 0 aliphatic carbocycles. The van der Waals surface area contributed by atoms with E-state index >= 15 is 0 Å². The number of ether oxygens (including phenoxy) is 1. The minimum Gasteiger partial charge on any atom is -0.461 e. The third-order valence-corrected chi connectivity index (χ3v) is 2.12. The summed E-state index contributed by atoms with van der Waals surface area (Å²) in [6.07, 6.45) is 0. The molecule has 18 heavy (non-hydrogen) atoms. The molecule has 0 unspecified atom stereocenters. The maximum Gasteiger partial charge on any atom is 0.362 e. The Morgan fingerprint density at radius 1 is 1.39 bits per heavy atom. The molecule has 2 N–H and O–H groups in total. The van der Waals surface area contributed by atoms with Crippen LogP contribution in [0, 0.1) is 5.82 Å². The number of nitrogens with zero attached hydrogens (tertiary/aromatic N) is 2. The summed E-state index contributed by atoms with van der Waals surface area (Å²) < 4.78 is 17.6. The van der Waals surface area contributed by atoms with Gasteiger partial charge in [-0.05, 0) is 31.2 Å². The van der Waals surface area contributed by atoms with Crippen LogP contribution in [0.4, 0.5) is 15.9 Å². The van der Waals surface area contributed by atoms with Gasteiger partial charge in [-0.15, -0.1) is 10.2 Å². The molecule has 7 heteroatoms. The highest BCUT2D eigenvalue weighted by atomic mass is 19.1. The van der Waals surface area contributed by atoms with Crippen LogP contribution in [0.3, 0.4) is 0 Å². The highest BCUT2D eigenvalue weighted by Crippen LogP contribution is 2.17. The van der Waals surface area contributed by atoms with E-state index in [0.717, 1.165) is 0 Å². The first-order valence-electron chi connectivity index (χ1n) is 5.31. The Balaban J connectivity index is 2.17. The standard InChI is InChI=1S/C11H11FN4O2/c1-2-18-11(17)9-10(15-16-14-9)13-8-5-3-7(12)4-6-8/h3-6H,2H2,1H3,(H2,13,14,15,16). The number of nitrogens with one attached hydrogen (secondary N) is 2. The van der Waals surface area contributed by atoms with Crippen molar-refractivity contribution < 1.29 is 13.9 Å². The van der Waals surface area contributed by atoms with Crippen molar-refractivity contribution >= 4 is 17.5 Å². The van der Waals surface area contributed by atoms with Gasteiger partial charge in [0.25, 0.3) is 0 Å². The Hall–Kier alpha value is -2.44. The molecule has 6 nitrogen and oxygen atoms in total. The molecule has 0 saturated heterocycles. The Kier molecular flexibility index (Phi) is 3.52. The predicted molar refractivity (Wildman–Crippen MR) is 62.0 cm³/mol. The van der Waals surface area contributed by atoms with Gasteiger partial charge in [-0.25, -0.2) is 9.18 Å². The largest absolute Gasteiger partial charge is 0.461 e. The number of benzene rings is 1. The van der Waals surface area contributed by atoms with Crippen molar-refractivity contribution in [3.05, 3.63) is 35.8 Å². The number of aromatic amines is 1. The zero-order chi connectivity index (χ0) is 13.0. The Morgan fingerprint density at radius 2 is 2.11 bits per heavy atom. The number of hydrogen-bond donors (Lipinski definition) is 2. The van der Waals surface area contributed by atoms with Gasteiger partial charge < -0.3 is 10.1 Å². The summed E-state index contributed by atoms with van der Waals surface area (Å²) in [4.78, 5) is 11.5. The number of H-pyrrole nitrogens is 1. The summed E-state index contributed by atoms with van der Waals surface area (Å²) in [6, 6.07) is 5.65. The van der Waals surface area contributed by atoms with Gasteiger partial charge in [-0.3, -0.25) is 0 Å². The second kappa shape index (κ2) is 5.26. The van der Waals surface area contributed by atoms with E-state index in [1.807, 2.05) is 0 Å². The van der Waals surface area contributed by atoms with Crippen LogP contribution in [0.1, 0.15) is 17.4 Å². The monoisotopic (exact) mass is 250 g/mol. The first-order chi connectivity index (χ1) is 8.70. The molecule has 0 fully saturated rings. The smallest absolute Gasteiger partial charge is 0.362 e. The minimum atomic E-state index is -0.573. The molecule has 0 bridgehead atoms. The molecular weight excluding hydrogens is 239 g/mol. The van der Waals surface area contributed by atoms with E-state index < -0.39 is 5.97 Å². The SMILES string of the molecule is CCOC(=O)c1n[nH]nc1Nc1ccc(F)cc1. The van der Waals surface area contributed by atoms with Gasteiger partial charge in [0.1, 0.15) is 5.82 Å². The Bertz CT molecular complexity index is 538. The molecule has 2 rings (SSSR count). The van der Waals surface area contributed by atoms with E-state index in [2.05, 4.69) is 20.7 Å². The molecule has 2 aromatic rings. The van der Waals surface area contributed by atoms with E-state index in [-0.39, 0.29) is 23.9 Å². The maximum atomic E-state index is 12.7. The second-order valence-corrected chi connectivity index (χ2v) is 3.37. The second-order valence-electron chi connectivity index (χ2n) is 3.37. The fourth-order valence-electron chi connectivity index (χ4n) is 1.33. The van der Waals surface area contributed by atoms with Crippen LogP contribution in [0.15, 0.2) is 24.3 Å². The number of rotatable bonds is 4. The van der Waals surface area contributed by atoms with E-state index in [0.29, 0.717) is 5.69 Å². The molecule has 0 radical (unpaired) electrons. The first kappa shape index (κ1) is 12.0. The molecule has 0 spiro atoms. The topological polar surface area (TPSA) is 79.9 Å². The van der Waals surface area contributed by atoms with Crippen LogP contribution < -0.4 is 5.32 Å². The molecule has 1 heterocycles. The van der Waals surface area contributed by atoms with E-state index in [1.54, 1.807) is 6.92 Å². The van der Waals surface area contributed by atoms with Gasteiger partial charge in [0.15, 0.2) is 5.82 Å². The summed E-state index contributed by atoms with van der Waals surface area (Å²) >= 11 is 0. The van der Waals surface area contributed by atoms with Crippen molar-refractivity contribution in [1.82, 2.24) is 15.4 Å². The Morgan fingerprint density at radius 3 is 2.78 bits per heavy atom. The molecule has 0 amide bonds. The number of aromatic nitrogens is 3. The van der Waals surface area contributed by atoms with E-state index in [4.69, 9.17) is 4.74 Å². The van der Waals surface area contributed by atoms with Crippen molar-refractivity contribution in [2.75, 3.05) is 11.9 Å². The van der Waals surface area contributed by atoms with Gasteiger partial charge in [0, 0.05) is 5.69 Å². The lowest BCUT2D eigenvalue weighted by atomic mass is 10.3. The van der Waals surface area contributed by atoms with Crippen LogP contribution in [-0.2, 0) is 4.74 Å². The van der Waals surface area contributed by atoms with Crippen molar-refractivity contribution in [1.29, 1.82) is 0 Å². The lowest BCUT2D eigenvalue weighted by molar-refractivity contribution is 0.0520. The first-order valence-corrected chi connectivity index (χ1v) is 5.31. The van der Waals surface area contributed by atoms with Crippen LogP contribution in [0.5, 0.6) is 0 Å². The molecular formula is C11H11FN4O2. The lowest BCUT2D eigenvalue weighted by Crippen LogP contribution is -2.08. The van der Waals surface area contributed by atoms with Crippen molar-refractivity contribution in [3.63, 3.8) is 0 Å². The summed E-state index contributed by atoms with van der Waals surface area (Å²) in [5, 5.41) is 12.7. The summed E-state index contributed by atoms with van der Waals surface area (Å²) in [6.45, 7) is 1.95. The fourth-order valence-corrected chi connectivity index (χ4v) is 1.33. The lowest BCUT2D eigenvalue weighted by Gasteiger charge is -2.04. The number of carbonyl (C=O) groups is 1. The van der Waals surface area contributed by atoms with Crippen LogP contribution in [0.25, 0.3) is 0 Å². The average molecular weight is 250 g/mol. The van der Waals surface area contributed by atoms with Gasteiger partial charge in [0.2, 0.25) is 5.69 Å². The quantitative estimate of drug-likeness (QED) is 0.809. The third kappa shape index (κ3) is 2.62. The molecule has 0 aliphatic rings. The van der Waals surface area contributed by atoms with Crippen LogP contribution in [-0.4, -0.2) is 28.0 Å². The van der Waals surface area contributed by atoms with Gasteiger partial charge >= 0.3 is 5.97 Å². The van der Waals surface area contributed by atoms with Crippen molar-refractivity contribution in [3.8, 4) is 0 Å². The van der Waals surface area contributed by atoms with Crippen molar-refractivity contribution in [2.24, 2.45) is 0 Å². The number of esters is 1. The van der Waals surface area contributed by atoms with Gasteiger partial charge in [-0.1, -0.05) is 0 Å². The molecule has 1 aromatic heterocycles. The highest BCUT2D eigenvalue weighted by molar-refractivity contribution is 5.93. The molecule has 0 atom stereocenters. The predicted octanol–water partition coefficient (Wildman–Crippen LogP) is 1.86. The zero-order valence-electron chi connectivity index (χ0n) is 9.61. The molecule has 1 aromatic carbocycles. The van der Waals surface area contributed by atoms with Crippen LogP contribution in [0.2, 0.25) is 0 Å². The molecule has 0 aliphatic heterocycles. The third-order valence-electron chi connectivity index (χ3n) is 2.12. The number of carbonyl (C=O) groups excluding carboxylic acids is 1. The number of anilines is 2. The Labute approximate surface area is 102 Å².